The third-order valence-electron chi connectivity index (χ3n) is 3.87. The van der Waals surface area contributed by atoms with Crippen molar-refractivity contribution in [1.82, 2.24) is 24.9 Å². The highest BCUT2D eigenvalue weighted by Crippen LogP contribution is 2.18. The maximum atomic E-state index is 12.2. The fourth-order valence-electron chi connectivity index (χ4n) is 2.78. The maximum Gasteiger partial charge on any atom is 0.291 e. The van der Waals surface area contributed by atoms with E-state index >= 15 is 0 Å². The van der Waals surface area contributed by atoms with Gasteiger partial charge in [0.25, 0.3) is 11.7 Å². The minimum atomic E-state index is -0.484. The fourth-order valence-corrected chi connectivity index (χ4v) is 2.78. The molecule has 0 aliphatic heterocycles. The maximum absolute atomic E-state index is 12.2. The van der Waals surface area contributed by atoms with E-state index in [1.807, 2.05) is 19.9 Å². The number of aryl methyl sites for hydroxylation is 2. The number of aliphatic hydroxyl groups is 1. The van der Waals surface area contributed by atoms with Crippen LogP contribution in [-0.4, -0.2) is 42.7 Å². The lowest BCUT2D eigenvalue weighted by atomic mass is 9.92. The summed E-state index contributed by atoms with van der Waals surface area (Å²) in [4.78, 5) is 20.7. The number of carbonyl (C=O) groups is 1. The Morgan fingerprint density at radius 1 is 1.33 bits per heavy atom. The summed E-state index contributed by atoms with van der Waals surface area (Å²) in [5.74, 6) is 0.152. The topological polar surface area (TPSA) is 92.4 Å². The van der Waals surface area contributed by atoms with Crippen molar-refractivity contribution in [3.05, 3.63) is 23.3 Å². The van der Waals surface area contributed by atoms with Gasteiger partial charge < -0.3 is 10.4 Å². The van der Waals surface area contributed by atoms with Crippen molar-refractivity contribution in [2.75, 3.05) is 0 Å². The summed E-state index contributed by atoms with van der Waals surface area (Å²) in [7, 11) is 0. The molecule has 0 aromatic carbocycles. The summed E-state index contributed by atoms with van der Waals surface area (Å²) in [6.45, 7) is 3.77. The zero-order valence-electron chi connectivity index (χ0n) is 12.2. The Labute approximate surface area is 122 Å². The summed E-state index contributed by atoms with van der Waals surface area (Å²) in [6, 6.07) is 1.67. The standard InChI is InChI=1S/C14H19N5O2/c1-8-7-9(2)19-14(15-8)17-12(18-19)13(21)16-10-5-3-4-6-11(10)20/h7,10-11,20H,3-6H2,1-2H3,(H,16,21)/t10-,11-/m1/s1. The van der Waals surface area contributed by atoms with Gasteiger partial charge in [0.05, 0.1) is 12.1 Å². The number of hydrogen-bond acceptors (Lipinski definition) is 5. The van der Waals surface area contributed by atoms with E-state index in [1.54, 1.807) is 4.52 Å². The van der Waals surface area contributed by atoms with Crippen LogP contribution in [0.15, 0.2) is 6.07 Å². The number of fused-ring (bicyclic) bond motifs is 1. The monoisotopic (exact) mass is 289 g/mol. The van der Waals surface area contributed by atoms with Crippen LogP contribution in [-0.2, 0) is 0 Å². The molecule has 1 amide bonds. The summed E-state index contributed by atoms with van der Waals surface area (Å²) >= 11 is 0. The van der Waals surface area contributed by atoms with Crippen molar-refractivity contribution in [2.45, 2.75) is 51.7 Å². The summed E-state index contributed by atoms with van der Waals surface area (Å²) < 4.78 is 1.55. The first-order chi connectivity index (χ1) is 10.0. The van der Waals surface area contributed by atoms with Crippen LogP contribution in [0.3, 0.4) is 0 Å². The van der Waals surface area contributed by atoms with Gasteiger partial charge in [-0.15, -0.1) is 5.10 Å². The highest BCUT2D eigenvalue weighted by atomic mass is 16.3. The molecule has 1 aliphatic carbocycles. The smallest absolute Gasteiger partial charge is 0.291 e. The molecule has 2 aromatic rings. The first kappa shape index (κ1) is 13.9. The molecule has 0 unspecified atom stereocenters. The van der Waals surface area contributed by atoms with Crippen LogP contribution in [0.2, 0.25) is 0 Å². The van der Waals surface area contributed by atoms with Crippen molar-refractivity contribution in [3.63, 3.8) is 0 Å². The van der Waals surface area contributed by atoms with Crippen LogP contribution in [0.25, 0.3) is 5.78 Å². The predicted molar refractivity (Wildman–Crippen MR) is 76.0 cm³/mol. The molecule has 7 nitrogen and oxygen atoms in total. The van der Waals surface area contributed by atoms with E-state index in [-0.39, 0.29) is 17.8 Å². The third-order valence-corrected chi connectivity index (χ3v) is 3.87. The summed E-state index contributed by atoms with van der Waals surface area (Å²) in [6.07, 6.45) is 3.05. The third kappa shape index (κ3) is 2.73. The molecule has 2 aromatic heterocycles. The van der Waals surface area contributed by atoms with E-state index in [4.69, 9.17) is 0 Å². The number of hydrogen-bond donors (Lipinski definition) is 2. The molecule has 0 saturated heterocycles. The molecule has 21 heavy (non-hydrogen) atoms. The van der Waals surface area contributed by atoms with E-state index in [0.29, 0.717) is 5.78 Å². The van der Waals surface area contributed by atoms with Crippen LogP contribution in [0.5, 0.6) is 0 Å². The summed E-state index contributed by atoms with van der Waals surface area (Å²) in [5.41, 5.74) is 1.71. The largest absolute Gasteiger partial charge is 0.391 e. The SMILES string of the molecule is Cc1cc(C)n2nc(C(=O)N[C@@H]3CCCC[C@H]3O)nc2n1. The average molecular weight is 289 g/mol. The number of carbonyl (C=O) groups excluding carboxylic acids is 1. The highest BCUT2D eigenvalue weighted by molar-refractivity contribution is 5.91. The van der Waals surface area contributed by atoms with Crippen molar-refractivity contribution in [3.8, 4) is 0 Å². The lowest BCUT2D eigenvalue weighted by Crippen LogP contribution is -2.45. The highest BCUT2D eigenvalue weighted by Gasteiger charge is 2.26. The van der Waals surface area contributed by atoms with Gasteiger partial charge in [-0.3, -0.25) is 4.79 Å². The van der Waals surface area contributed by atoms with E-state index in [1.165, 1.54) is 0 Å². The quantitative estimate of drug-likeness (QED) is 0.852. The van der Waals surface area contributed by atoms with Crippen LogP contribution < -0.4 is 5.32 Å². The molecule has 0 bridgehead atoms. The second-order valence-corrected chi connectivity index (χ2v) is 5.62. The van der Waals surface area contributed by atoms with E-state index in [2.05, 4.69) is 20.4 Å². The predicted octanol–water partition coefficient (Wildman–Crippen LogP) is 0.774. The average Bonchev–Trinajstić information content (AvgIpc) is 2.85. The molecule has 1 fully saturated rings. The normalized spacial score (nSPS) is 22.4. The molecule has 1 saturated carbocycles. The van der Waals surface area contributed by atoms with Crippen molar-refractivity contribution in [1.29, 1.82) is 0 Å². The van der Waals surface area contributed by atoms with Crippen LogP contribution >= 0.6 is 0 Å². The molecule has 3 rings (SSSR count). The van der Waals surface area contributed by atoms with Crippen molar-refractivity contribution in [2.24, 2.45) is 0 Å². The Morgan fingerprint density at radius 2 is 2.10 bits per heavy atom. The van der Waals surface area contributed by atoms with Crippen molar-refractivity contribution < 1.29 is 9.90 Å². The lowest BCUT2D eigenvalue weighted by molar-refractivity contribution is 0.0710. The van der Waals surface area contributed by atoms with Crippen LogP contribution in [0.4, 0.5) is 0 Å². The molecule has 2 N–H and O–H groups in total. The summed E-state index contributed by atoms with van der Waals surface area (Å²) in [5, 5.41) is 16.9. The molecule has 0 radical (unpaired) electrons. The number of aliphatic hydroxyl groups excluding tert-OH is 1. The number of amides is 1. The van der Waals surface area contributed by atoms with Crippen molar-refractivity contribution >= 4 is 11.7 Å². The van der Waals surface area contributed by atoms with Gasteiger partial charge in [0.2, 0.25) is 5.82 Å². The molecule has 2 atom stereocenters. The van der Waals surface area contributed by atoms with Gasteiger partial charge >= 0.3 is 0 Å². The molecular weight excluding hydrogens is 270 g/mol. The van der Waals surface area contributed by atoms with Gasteiger partial charge in [-0.1, -0.05) is 12.8 Å². The van der Waals surface area contributed by atoms with E-state index in [9.17, 15) is 9.90 Å². The minimum Gasteiger partial charge on any atom is -0.391 e. The molecular formula is C14H19N5O2. The van der Waals surface area contributed by atoms with E-state index < -0.39 is 6.10 Å². The molecule has 0 spiro atoms. The number of nitrogens with zero attached hydrogens (tertiary/aromatic N) is 4. The number of aromatic nitrogens is 4. The van der Waals surface area contributed by atoms with Crippen LogP contribution in [0, 0.1) is 13.8 Å². The number of nitrogens with one attached hydrogen (secondary N) is 1. The second kappa shape index (κ2) is 5.40. The zero-order chi connectivity index (χ0) is 15.0. The van der Waals surface area contributed by atoms with Gasteiger partial charge in [0.15, 0.2) is 0 Å². The number of rotatable bonds is 2. The van der Waals surface area contributed by atoms with Gasteiger partial charge in [-0.2, -0.15) is 4.98 Å². The first-order valence-electron chi connectivity index (χ1n) is 7.24. The lowest BCUT2D eigenvalue weighted by Gasteiger charge is -2.27. The van der Waals surface area contributed by atoms with Gasteiger partial charge in [0, 0.05) is 11.4 Å². The Morgan fingerprint density at radius 3 is 2.86 bits per heavy atom. The molecule has 1 aliphatic rings. The Balaban J connectivity index is 1.83. The molecule has 2 heterocycles. The van der Waals surface area contributed by atoms with E-state index in [0.717, 1.165) is 37.1 Å². The fraction of sp³-hybridized carbons (Fsp3) is 0.571. The molecule has 7 heteroatoms. The minimum absolute atomic E-state index is 0.0916. The van der Waals surface area contributed by atoms with Gasteiger partial charge in [-0.05, 0) is 32.8 Å². The zero-order valence-corrected chi connectivity index (χ0v) is 12.2. The molecule has 112 valence electrons. The van der Waals surface area contributed by atoms with Crippen LogP contribution in [0.1, 0.15) is 47.7 Å². The first-order valence-corrected chi connectivity index (χ1v) is 7.24. The second-order valence-electron chi connectivity index (χ2n) is 5.62. The Hall–Kier alpha value is -2.02. The Bertz CT molecular complexity index is 681. The van der Waals surface area contributed by atoms with Gasteiger partial charge in [-0.25, -0.2) is 9.50 Å². The Kier molecular flexibility index (Phi) is 3.59. The van der Waals surface area contributed by atoms with Gasteiger partial charge in [0.1, 0.15) is 0 Å².